The van der Waals surface area contributed by atoms with Crippen LogP contribution in [0.1, 0.15) is 7.85 Å². The van der Waals surface area contributed by atoms with Crippen LogP contribution in [0.4, 0.5) is 0 Å². The molecule has 0 saturated carbocycles. The summed E-state index contributed by atoms with van der Waals surface area (Å²) in [4.78, 5) is 8.89. The number of hydrogen-bond acceptors (Lipinski definition) is 2. The molecule has 0 atom stereocenters. The summed E-state index contributed by atoms with van der Waals surface area (Å²) in [6.45, 7) is 1.56. The monoisotopic (exact) mass is 82.1 g/mol. The number of hydrogen-bond donors (Lipinski definition) is 0. The molecule has 0 spiro atoms. The molecule has 0 aromatic carbocycles. The van der Waals surface area contributed by atoms with Gasteiger partial charge in [-0.25, -0.2) is 9.78 Å². The smallest absolute Gasteiger partial charge is 1.00 e. The molecule has 1 rings (SSSR count). The molecule has 6 heavy (non-hydrogen) atoms. The summed E-state index contributed by atoms with van der Waals surface area (Å²) in [6.07, 6.45) is 1.06. The van der Waals surface area contributed by atoms with E-state index >= 15 is 0 Å². The van der Waals surface area contributed by atoms with Gasteiger partial charge >= 0.3 is 18.9 Å². The minimum atomic E-state index is 0. The van der Waals surface area contributed by atoms with Gasteiger partial charge in [-0.15, -0.1) is 0 Å². The largest absolute Gasteiger partial charge is 1.00 e. The van der Waals surface area contributed by atoms with Crippen molar-refractivity contribution < 1.29 is 30.1 Å². The van der Waals surface area contributed by atoms with Gasteiger partial charge in [-0.2, -0.15) is 0 Å². The predicted molar refractivity (Wildman–Crippen MR) is 17.6 cm³/mol. The summed E-state index contributed by atoms with van der Waals surface area (Å²) in [5.41, 5.74) is 0. The molecule has 0 unspecified atom stereocenters. The van der Waals surface area contributed by atoms with Gasteiger partial charge in [0.2, 0.25) is 0 Å². The Morgan fingerprint density at radius 1 is 1.17 bits per heavy atom. The van der Waals surface area contributed by atoms with Crippen molar-refractivity contribution >= 4 is 0 Å². The normalized spacial score (nSPS) is 20.0. The van der Waals surface area contributed by atoms with Crippen LogP contribution in [0, 0.1) is 0 Å². The second-order valence-electron chi connectivity index (χ2n) is 0.998. The van der Waals surface area contributed by atoms with E-state index in [2.05, 4.69) is 9.78 Å². The molecule has 0 aromatic heterocycles. The number of rotatable bonds is 0. The summed E-state index contributed by atoms with van der Waals surface area (Å²) >= 11 is 0. The molecule has 1 fully saturated rings. The Balaban J connectivity index is 0. The molecular formula is C3H7LiO2. The Kier molecular flexibility index (Phi) is 4.02. The van der Waals surface area contributed by atoms with E-state index in [4.69, 9.17) is 0 Å². The maximum atomic E-state index is 4.44. The minimum Gasteiger partial charge on any atom is -1.00 e. The van der Waals surface area contributed by atoms with Crippen LogP contribution in [0.2, 0.25) is 0 Å². The summed E-state index contributed by atoms with van der Waals surface area (Å²) in [6, 6.07) is 0. The maximum Gasteiger partial charge on any atom is 1.00 e. The van der Waals surface area contributed by atoms with Crippen molar-refractivity contribution in [1.82, 2.24) is 0 Å². The summed E-state index contributed by atoms with van der Waals surface area (Å²) in [5.74, 6) is 0. The van der Waals surface area contributed by atoms with Gasteiger partial charge in [0.15, 0.2) is 0 Å². The van der Waals surface area contributed by atoms with Crippen molar-refractivity contribution in [2.24, 2.45) is 0 Å². The van der Waals surface area contributed by atoms with E-state index in [1.165, 1.54) is 0 Å². The molecule has 0 amide bonds. The molecule has 1 aliphatic heterocycles. The molecule has 2 nitrogen and oxygen atoms in total. The molecule has 0 bridgehead atoms. The van der Waals surface area contributed by atoms with Gasteiger partial charge in [0.05, 0.1) is 13.2 Å². The van der Waals surface area contributed by atoms with E-state index in [-0.39, 0.29) is 20.3 Å². The SMILES string of the molecule is C1COOC1.[H-].[Li+]. The van der Waals surface area contributed by atoms with Gasteiger partial charge in [0.25, 0.3) is 0 Å². The zero-order chi connectivity index (χ0) is 3.54. The molecule has 1 heterocycles. The Labute approximate surface area is 50.4 Å². The summed E-state index contributed by atoms with van der Waals surface area (Å²) in [7, 11) is 0. The molecule has 32 valence electrons. The van der Waals surface area contributed by atoms with Crippen molar-refractivity contribution in [2.45, 2.75) is 6.42 Å². The molecule has 1 aliphatic rings. The molecule has 0 N–H and O–H groups in total. The topological polar surface area (TPSA) is 18.5 Å². The van der Waals surface area contributed by atoms with Gasteiger partial charge in [-0.1, -0.05) is 0 Å². The van der Waals surface area contributed by atoms with E-state index in [9.17, 15) is 0 Å². The van der Waals surface area contributed by atoms with E-state index in [1.807, 2.05) is 0 Å². The first kappa shape index (κ1) is 6.52. The van der Waals surface area contributed by atoms with Crippen molar-refractivity contribution in [1.29, 1.82) is 0 Å². The van der Waals surface area contributed by atoms with Crippen LogP contribution in [0.5, 0.6) is 0 Å². The first-order chi connectivity index (χ1) is 2.50. The molecular weight excluding hydrogens is 75.0 g/mol. The Bertz CT molecular complexity index is 24.5. The molecule has 3 heteroatoms. The quantitative estimate of drug-likeness (QED) is 0.237. The van der Waals surface area contributed by atoms with Gasteiger partial charge in [0.1, 0.15) is 0 Å². The second kappa shape index (κ2) is 3.70. The van der Waals surface area contributed by atoms with E-state index < -0.39 is 0 Å². The first-order valence-electron chi connectivity index (χ1n) is 1.74. The van der Waals surface area contributed by atoms with Crippen molar-refractivity contribution in [3.63, 3.8) is 0 Å². The average Bonchev–Trinajstić information content (AvgIpc) is 1.76. The maximum absolute atomic E-state index is 4.44. The third-order valence-corrected chi connectivity index (χ3v) is 0.539. The van der Waals surface area contributed by atoms with Crippen LogP contribution in [0.25, 0.3) is 0 Å². The fourth-order valence-corrected chi connectivity index (χ4v) is 0.295. The standard InChI is InChI=1S/C3H6O2.Li.H/c1-2-4-5-3-1;;/h1-3H2;;/q;+1;-1. The fourth-order valence-electron chi connectivity index (χ4n) is 0.295. The van der Waals surface area contributed by atoms with Gasteiger partial charge < -0.3 is 1.43 Å². The zero-order valence-electron chi connectivity index (χ0n) is 4.94. The van der Waals surface area contributed by atoms with Crippen LogP contribution < -0.4 is 18.9 Å². The van der Waals surface area contributed by atoms with Crippen molar-refractivity contribution in [3.05, 3.63) is 0 Å². The van der Waals surface area contributed by atoms with E-state index in [1.54, 1.807) is 0 Å². The van der Waals surface area contributed by atoms with Gasteiger partial charge in [-0.3, -0.25) is 0 Å². The third kappa shape index (κ3) is 1.84. The fraction of sp³-hybridized carbons (Fsp3) is 1.00. The molecule has 0 aliphatic carbocycles. The predicted octanol–water partition coefficient (Wildman–Crippen LogP) is -2.55. The second-order valence-corrected chi connectivity index (χ2v) is 0.998. The third-order valence-electron chi connectivity index (χ3n) is 0.539. The van der Waals surface area contributed by atoms with Crippen LogP contribution in [-0.4, -0.2) is 13.2 Å². The molecule has 0 aromatic rings. The van der Waals surface area contributed by atoms with Gasteiger partial charge in [0, 0.05) is 6.42 Å². The minimum absolute atomic E-state index is 0. The average molecular weight is 82.0 g/mol. The molecule has 0 radical (unpaired) electrons. The van der Waals surface area contributed by atoms with E-state index in [0.717, 1.165) is 19.6 Å². The Morgan fingerprint density at radius 3 is 1.83 bits per heavy atom. The molecule has 1 saturated heterocycles. The van der Waals surface area contributed by atoms with Crippen LogP contribution in [0.15, 0.2) is 0 Å². The van der Waals surface area contributed by atoms with Crippen LogP contribution in [-0.2, 0) is 9.78 Å². The Hall–Kier alpha value is 0.517. The summed E-state index contributed by atoms with van der Waals surface area (Å²) < 4.78 is 0. The van der Waals surface area contributed by atoms with Crippen molar-refractivity contribution in [2.75, 3.05) is 13.2 Å². The zero-order valence-corrected chi connectivity index (χ0v) is 3.94. The van der Waals surface area contributed by atoms with Crippen LogP contribution >= 0.6 is 0 Å². The van der Waals surface area contributed by atoms with Gasteiger partial charge in [-0.05, 0) is 0 Å². The van der Waals surface area contributed by atoms with Crippen LogP contribution in [0.3, 0.4) is 0 Å². The summed E-state index contributed by atoms with van der Waals surface area (Å²) in [5, 5.41) is 0. The Morgan fingerprint density at radius 2 is 1.67 bits per heavy atom. The van der Waals surface area contributed by atoms with Crippen molar-refractivity contribution in [3.8, 4) is 0 Å². The van der Waals surface area contributed by atoms with E-state index in [0.29, 0.717) is 0 Å². The first-order valence-corrected chi connectivity index (χ1v) is 1.74.